The van der Waals surface area contributed by atoms with Crippen LogP contribution in [0.15, 0.2) is 44.2 Å². The highest BCUT2D eigenvalue weighted by atomic mass is 35.5. The van der Waals surface area contributed by atoms with Crippen LogP contribution < -0.4 is 10.4 Å². The van der Waals surface area contributed by atoms with Gasteiger partial charge in [0.25, 0.3) is 0 Å². The third kappa shape index (κ3) is 2.69. The van der Waals surface area contributed by atoms with Gasteiger partial charge in [0, 0.05) is 16.8 Å². The summed E-state index contributed by atoms with van der Waals surface area (Å²) < 4.78 is 16.3. The summed E-state index contributed by atoms with van der Waals surface area (Å²) in [5.74, 6) is 0.287. The van der Waals surface area contributed by atoms with Crippen molar-refractivity contribution in [2.24, 2.45) is 0 Å². The Hall–Kier alpha value is -1.98. The zero-order chi connectivity index (χ0) is 15.9. The predicted octanol–water partition coefficient (Wildman–Crippen LogP) is 3.30. The van der Waals surface area contributed by atoms with Crippen molar-refractivity contribution in [1.29, 1.82) is 0 Å². The van der Waals surface area contributed by atoms with Gasteiger partial charge in [-0.05, 0) is 32.0 Å². The molecule has 0 aliphatic heterocycles. The molecule has 0 radical (unpaired) electrons. The summed E-state index contributed by atoms with van der Waals surface area (Å²) in [5, 5.41) is 11.5. The number of fused-ring (bicyclic) bond motifs is 2. The molecule has 0 saturated carbocycles. The highest BCUT2D eigenvalue weighted by Crippen LogP contribution is 2.35. The molecule has 1 atom stereocenters. The first-order valence-electron chi connectivity index (χ1n) is 6.80. The molecule has 0 aliphatic carbocycles. The van der Waals surface area contributed by atoms with E-state index in [9.17, 15) is 9.90 Å². The summed E-state index contributed by atoms with van der Waals surface area (Å²) in [6.07, 6.45) is 0.626. The van der Waals surface area contributed by atoms with E-state index in [0.29, 0.717) is 11.0 Å². The largest absolute Gasteiger partial charge is 0.484 e. The van der Waals surface area contributed by atoms with Gasteiger partial charge in [0.2, 0.25) is 5.75 Å². The number of aliphatic hydroxyl groups excluding tert-OH is 1. The van der Waals surface area contributed by atoms with E-state index >= 15 is 0 Å². The SMILES string of the molecule is CC(C)(Cl)[C@H](O)COc1c2occc2cc2ccc(=O)oc12. The second-order valence-corrected chi connectivity index (χ2v) is 6.58. The molecule has 0 aliphatic rings. The maximum absolute atomic E-state index is 11.5. The third-order valence-corrected chi connectivity index (χ3v) is 3.71. The van der Waals surface area contributed by atoms with Crippen LogP contribution in [-0.4, -0.2) is 22.7 Å². The first kappa shape index (κ1) is 14.9. The first-order valence-corrected chi connectivity index (χ1v) is 7.18. The zero-order valence-electron chi connectivity index (χ0n) is 12.1. The molecule has 116 valence electrons. The number of aliphatic hydroxyl groups is 1. The molecule has 0 saturated heterocycles. The number of alkyl halides is 1. The minimum absolute atomic E-state index is 0.0516. The minimum Gasteiger partial charge on any atom is -0.484 e. The molecule has 3 rings (SSSR count). The second-order valence-electron chi connectivity index (χ2n) is 5.61. The van der Waals surface area contributed by atoms with Crippen molar-refractivity contribution in [1.82, 2.24) is 0 Å². The van der Waals surface area contributed by atoms with E-state index < -0.39 is 16.6 Å². The fourth-order valence-electron chi connectivity index (χ4n) is 2.10. The van der Waals surface area contributed by atoms with Gasteiger partial charge in [-0.15, -0.1) is 11.6 Å². The Morgan fingerprint density at radius 1 is 1.27 bits per heavy atom. The van der Waals surface area contributed by atoms with Crippen molar-refractivity contribution in [3.63, 3.8) is 0 Å². The van der Waals surface area contributed by atoms with Gasteiger partial charge in [-0.2, -0.15) is 0 Å². The van der Waals surface area contributed by atoms with Gasteiger partial charge < -0.3 is 18.7 Å². The molecule has 2 aromatic heterocycles. The molecular weight excluding hydrogens is 308 g/mol. The lowest BCUT2D eigenvalue weighted by Gasteiger charge is -2.23. The van der Waals surface area contributed by atoms with Gasteiger partial charge in [-0.1, -0.05) is 0 Å². The third-order valence-electron chi connectivity index (χ3n) is 3.46. The number of hydrogen-bond acceptors (Lipinski definition) is 5. The number of furan rings is 1. The van der Waals surface area contributed by atoms with Crippen LogP contribution in [0.25, 0.3) is 21.9 Å². The van der Waals surface area contributed by atoms with Gasteiger partial charge in [-0.3, -0.25) is 0 Å². The number of benzene rings is 1. The number of rotatable bonds is 4. The van der Waals surface area contributed by atoms with Crippen LogP contribution in [0, 0.1) is 0 Å². The lowest BCUT2D eigenvalue weighted by molar-refractivity contribution is 0.0811. The normalized spacial score (nSPS) is 13.6. The van der Waals surface area contributed by atoms with Crippen LogP contribution in [-0.2, 0) is 0 Å². The van der Waals surface area contributed by atoms with E-state index in [1.807, 2.05) is 6.07 Å². The smallest absolute Gasteiger partial charge is 0.336 e. The average molecular weight is 323 g/mol. The van der Waals surface area contributed by atoms with Crippen LogP contribution in [0.2, 0.25) is 0 Å². The predicted molar refractivity (Wildman–Crippen MR) is 83.7 cm³/mol. The van der Waals surface area contributed by atoms with E-state index in [1.165, 1.54) is 12.3 Å². The fourth-order valence-corrected chi connectivity index (χ4v) is 2.16. The molecule has 1 aromatic carbocycles. The van der Waals surface area contributed by atoms with Crippen molar-refractivity contribution >= 4 is 33.5 Å². The Bertz CT molecular complexity index is 871. The van der Waals surface area contributed by atoms with E-state index in [-0.39, 0.29) is 17.9 Å². The molecule has 2 heterocycles. The van der Waals surface area contributed by atoms with Crippen molar-refractivity contribution < 1.29 is 18.7 Å². The van der Waals surface area contributed by atoms with Gasteiger partial charge in [-0.25, -0.2) is 4.79 Å². The van der Waals surface area contributed by atoms with E-state index in [4.69, 9.17) is 25.2 Å². The summed E-state index contributed by atoms with van der Waals surface area (Å²) in [5.41, 5.74) is 0.262. The molecule has 6 heteroatoms. The van der Waals surface area contributed by atoms with Gasteiger partial charge in [0.1, 0.15) is 12.7 Å². The number of hydrogen-bond donors (Lipinski definition) is 1. The summed E-state index contributed by atoms with van der Waals surface area (Å²) in [6.45, 7) is 3.33. The maximum atomic E-state index is 11.5. The van der Waals surface area contributed by atoms with E-state index in [0.717, 1.165) is 5.39 Å². The average Bonchev–Trinajstić information content (AvgIpc) is 2.90. The zero-order valence-corrected chi connectivity index (χ0v) is 12.9. The quantitative estimate of drug-likeness (QED) is 0.589. The first-order chi connectivity index (χ1) is 10.4. The minimum atomic E-state index is -0.898. The summed E-state index contributed by atoms with van der Waals surface area (Å²) in [4.78, 5) is 10.6. The lowest BCUT2D eigenvalue weighted by Crippen LogP contribution is -2.35. The molecule has 22 heavy (non-hydrogen) atoms. The summed E-state index contributed by atoms with van der Waals surface area (Å²) in [7, 11) is 0. The topological polar surface area (TPSA) is 72.8 Å². The lowest BCUT2D eigenvalue weighted by atomic mass is 10.1. The molecule has 3 aromatic rings. The maximum Gasteiger partial charge on any atom is 0.336 e. The standard InChI is InChI=1S/C16H15ClO5/c1-16(2,17)11(18)8-21-15-13-10(5-6-20-13)7-9-3-4-12(19)22-14(9)15/h3-7,11,18H,8H2,1-2H3/t11-/m1/s1. The van der Waals surface area contributed by atoms with Crippen molar-refractivity contribution in [3.05, 3.63) is 40.9 Å². The van der Waals surface area contributed by atoms with Crippen LogP contribution in [0.1, 0.15) is 13.8 Å². The van der Waals surface area contributed by atoms with Gasteiger partial charge >= 0.3 is 5.63 Å². The van der Waals surface area contributed by atoms with E-state index in [2.05, 4.69) is 0 Å². The molecule has 1 N–H and O–H groups in total. The molecule has 0 fully saturated rings. The van der Waals surface area contributed by atoms with Crippen LogP contribution in [0.5, 0.6) is 5.75 Å². The molecule has 0 bridgehead atoms. The van der Waals surface area contributed by atoms with Crippen molar-refractivity contribution in [2.75, 3.05) is 6.61 Å². The monoisotopic (exact) mass is 322 g/mol. The van der Waals surface area contributed by atoms with Gasteiger partial charge in [0.05, 0.1) is 11.1 Å². The molecule has 5 nitrogen and oxygen atoms in total. The molecule has 0 spiro atoms. The summed E-state index contributed by atoms with van der Waals surface area (Å²) in [6, 6.07) is 6.62. The Morgan fingerprint density at radius 3 is 2.73 bits per heavy atom. The highest BCUT2D eigenvalue weighted by Gasteiger charge is 2.26. The summed E-state index contributed by atoms with van der Waals surface area (Å²) >= 11 is 6.06. The van der Waals surface area contributed by atoms with E-state index in [1.54, 1.807) is 26.0 Å². The molecular formula is C16H15ClO5. The van der Waals surface area contributed by atoms with Crippen molar-refractivity contribution in [2.45, 2.75) is 24.8 Å². The van der Waals surface area contributed by atoms with Crippen LogP contribution in [0.4, 0.5) is 0 Å². The Balaban J connectivity index is 2.10. The van der Waals surface area contributed by atoms with Crippen LogP contribution >= 0.6 is 11.6 Å². The van der Waals surface area contributed by atoms with Gasteiger partial charge in [0.15, 0.2) is 11.2 Å². The second kappa shape index (κ2) is 5.34. The number of halogens is 1. The Morgan fingerprint density at radius 2 is 2.00 bits per heavy atom. The Kier molecular flexibility index (Phi) is 3.62. The van der Waals surface area contributed by atoms with Crippen molar-refractivity contribution in [3.8, 4) is 5.75 Å². The fraction of sp³-hybridized carbons (Fsp3) is 0.312. The molecule has 0 amide bonds. The van der Waals surface area contributed by atoms with Crippen LogP contribution in [0.3, 0.4) is 0 Å². The highest BCUT2D eigenvalue weighted by molar-refractivity contribution is 6.23. The number of ether oxygens (including phenoxy) is 1. The molecule has 0 unspecified atom stereocenters. The Labute approximate surface area is 131 Å².